The summed E-state index contributed by atoms with van der Waals surface area (Å²) in [6.07, 6.45) is 1.97. The van der Waals surface area contributed by atoms with Crippen molar-refractivity contribution in [3.63, 3.8) is 0 Å². The Kier molecular flexibility index (Phi) is 5.98. The van der Waals surface area contributed by atoms with E-state index in [0.717, 1.165) is 10.5 Å². The number of sulfonamides is 1. The van der Waals surface area contributed by atoms with Gasteiger partial charge in [-0.05, 0) is 42.5 Å². The third-order valence-corrected chi connectivity index (χ3v) is 7.12. The van der Waals surface area contributed by atoms with Gasteiger partial charge in [-0.3, -0.25) is 0 Å². The van der Waals surface area contributed by atoms with Crippen molar-refractivity contribution in [3.05, 3.63) is 71.2 Å². The topological polar surface area (TPSA) is 90.6 Å². The first-order chi connectivity index (χ1) is 13.4. The van der Waals surface area contributed by atoms with Crippen molar-refractivity contribution >= 4 is 21.8 Å². The summed E-state index contributed by atoms with van der Waals surface area (Å²) in [5, 5.41) is 19.9. The van der Waals surface area contributed by atoms with E-state index in [4.69, 9.17) is 4.74 Å². The molecule has 6 nitrogen and oxygen atoms in total. The number of rotatable bonds is 6. The zero-order valence-electron chi connectivity index (χ0n) is 15.5. The molecular formula is C20H20N2O4S2. The van der Waals surface area contributed by atoms with Crippen LogP contribution in [0.3, 0.4) is 0 Å². The van der Waals surface area contributed by atoms with Gasteiger partial charge >= 0.3 is 0 Å². The summed E-state index contributed by atoms with van der Waals surface area (Å²) in [5.41, 5.74) is 1.11. The fourth-order valence-electron chi connectivity index (χ4n) is 3.19. The first-order valence-electron chi connectivity index (χ1n) is 8.63. The molecule has 0 saturated heterocycles. The summed E-state index contributed by atoms with van der Waals surface area (Å²) in [6.45, 7) is 1.91. The SMILES string of the molecule is CCO/C(O)=C(/C#N)C1c2ccccc2S(=O)(=O)N1Cc1ccc(SC)cc1. The second-order valence-electron chi connectivity index (χ2n) is 6.10. The molecule has 1 aliphatic rings. The predicted molar refractivity (Wildman–Crippen MR) is 107 cm³/mol. The lowest BCUT2D eigenvalue weighted by molar-refractivity contribution is 0.0952. The summed E-state index contributed by atoms with van der Waals surface area (Å²) < 4.78 is 32.7. The van der Waals surface area contributed by atoms with Crippen LogP contribution in [-0.2, 0) is 21.3 Å². The summed E-state index contributed by atoms with van der Waals surface area (Å²) in [5.74, 6) is -0.551. The lowest BCUT2D eigenvalue weighted by Gasteiger charge is -2.23. The van der Waals surface area contributed by atoms with Gasteiger partial charge in [0.25, 0.3) is 5.95 Å². The Hall–Kier alpha value is -2.47. The van der Waals surface area contributed by atoms with Crippen LogP contribution in [0.4, 0.5) is 0 Å². The molecule has 1 heterocycles. The average Bonchev–Trinajstić information content (AvgIpc) is 2.91. The molecular weight excluding hydrogens is 396 g/mol. The molecule has 0 aromatic heterocycles. The maximum atomic E-state index is 13.2. The maximum Gasteiger partial charge on any atom is 0.293 e. The molecule has 0 spiro atoms. The minimum Gasteiger partial charge on any atom is -0.480 e. The van der Waals surface area contributed by atoms with E-state index in [9.17, 15) is 18.8 Å². The monoisotopic (exact) mass is 416 g/mol. The number of fused-ring (bicyclic) bond motifs is 1. The number of ether oxygens (including phenoxy) is 1. The number of benzene rings is 2. The third-order valence-electron chi connectivity index (χ3n) is 4.49. The Morgan fingerprint density at radius 3 is 2.54 bits per heavy atom. The first-order valence-corrected chi connectivity index (χ1v) is 11.3. The van der Waals surface area contributed by atoms with Crippen molar-refractivity contribution in [2.75, 3.05) is 12.9 Å². The highest BCUT2D eigenvalue weighted by molar-refractivity contribution is 7.98. The van der Waals surface area contributed by atoms with Crippen LogP contribution >= 0.6 is 11.8 Å². The molecule has 0 radical (unpaired) electrons. The summed E-state index contributed by atoms with van der Waals surface area (Å²) >= 11 is 1.60. The molecule has 28 heavy (non-hydrogen) atoms. The van der Waals surface area contributed by atoms with Gasteiger partial charge < -0.3 is 9.84 Å². The van der Waals surface area contributed by atoms with E-state index in [1.165, 1.54) is 10.4 Å². The van der Waals surface area contributed by atoms with E-state index >= 15 is 0 Å². The molecule has 2 aromatic carbocycles. The highest BCUT2D eigenvalue weighted by Gasteiger charge is 2.45. The van der Waals surface area contributed by atoms with Gasteiger partial charge in [-0.15, -0.1) is 11.8 Å². The van der Waals surface area contributed by atoms with Gasteiger partial charge in [0.05, 0.1) is 17.5 Å². The molecule has 146 valence electrons. The van der Waals surface area contributed by atoms with Gasteiger partial charge in [0.2, 0.25) is 10.0 Å². The zero-order chi connectivity index (χ0) is 20.3. The Labute approximate surface area is 169 Å². The lowest BCUT2D eigenvalue weighted by Crippen LogP contribution is -2.29. The Morgan fingerprint density at radius 1 is 1.25 bits per heavy atom. The molecule has 0 aliphatic carbocycles. The number of thioether (sulfide) groups is 1. The van der Waals surface area contributed by atoms with Gasteiger partial charge in [-0.2, -0.15) is 9.57 Å². The van der Waals surface area contributed by atoms with E-state index in [1.54, 1.807) is 36.9 Å². The van der Waals surface area contributed by atoms with Crippen LogP contribution in [0.1, 0.15) is 24.1 Å². The van der Waals surface area contributed by atoms with Crippen molar-refractivity contribution in [1.82, 2.24) is 4.31 Å². The second-order valence-corrected chi connectivity index (χ2v) is 8.84. The number of nitrogens with zero attached hydrogens (tertiary/aromatic N) is 2. The summed E-state index contributed by atoms with van der Waals surface area (Å²) in [6, 6.07) is 15.1. The molecule has 1 aliphatic heterocycles. The molecule has 8 heteroatoms. The molecule has 0 bridgehead atoms. The third kappa shape index (κ3) is 3.61. The van der Waals surface area contributed by atoms with Crippen molar-refractivity contribution in [1.29, 1.82) is 5.26 Å². The minimum absolute atomic E-state index is 0.0704. The highest BCUT2D eigenvalue weighted by atomic mass is 32.2. The fraction of sp³-hybridized carbons (Fsp3) is 0.250. The van der Waals surface area contributed by atoms with Crippen LogP contribution in [0, 0.1) is 11.3 Å². The quantitative estimate of drug-likeness (QED) is 0.435. The standard InChI is InChI=1S/C20H20N2O4S2/c1-3-26-20(23)17(12-21)19-16-6-4-5-7-18(16)28(24,25)22(19)13-14-8-10-15(27-2)11-9-14/h4-11,19,23H,3,13H2,1-2H3/b20-17-. The van der Waals surface area contributed by atoms with Crippen LogP contribution < -0.4 is 0 Å². The molecule has 1 unspecified atom stereocenters. The molecule has 1 atom stereocenters. The van der Waals surface area contributed by atoms with Gasteiger partial charge in [-0.25, -0.2) is 8.42 Å². The van der Waals surface area contributed by atoms with Gasteiger partial charge in [0, 0.05) is 11.4 Å². The predicted octanol–water partition coefficient (Wildman–Crippen LogP) is 3.98. The van der Waals surface area contributed by atoms with Crippen molar-refractivity contribution in [2.45, 2.75) is 29.3 Å². The van der Waals surface area contributed by atoms with E-state index in [0.29, 0.717) is 5.56 Å². The Balaban J connectivity index is 2.12. The fourth-order valence-corrected chi connectivity index (χ4v) is 5.39. The molecule has 1 N–H and O–H groups in total. The molecule has 2 aromatic rings. The number of hydrogen-bond acceptors (Lipinski definition) is 6. The minimum atomic E-state index is -3.84. The van der Waals surface area contributed by atoms with Crippen LogP contribution in [-0.4, -0.2) is 30.7 Å². The van der Waals surface area contributed by atoms with E-state index in [2.05, 4.69) is 0 Å². The second kappa shape index (κ2) is 8.27. The molecule has 0 saturated carbocycles. The van der Waals surface area contributed by atoms with Gasteiger partial charge in [0.1, 0.15) is 11.6 Å². The van der Waals surface area contributed by atoms with E-state index < -0.39 is 22.0 Å². The van der Waals surface area contributed by atoms with Gasteiger partial charge in [-0.1, -0.05) is 30.3 Å². The van der Waals surface area contributed by atoms with Crippen LogP contribution in [0.5, 0.6) is 0 Å². The normalized spacial score (nSPS) is 18.8. The molecule has 0 amide bonds. The number of aliphatic hydroxyl groups excluding tert-OH is 1. The van der Waals surface area contributed by atoms with Crippen LogP contribution in [0.15, 0.2) is 69.8 Å². The zero-order valence-corrected chi connectivity index (χ0v) is 17.1. The lowest BCUT2D eigenvalue weighted by atomic mass is 9.99. The Bertz CT molecular complexity index is 1040. The van der Waals surface area contributed by atoms with Crippen LogP contribution in [0.2, 0.25) is 0 Å². The maximum absolute atomic E-state index is 13.2. The van der Waals surface area contributed by atoms with Gasteiger partial charge in [0.15, 0.2) is 0 Å². The smallest absolute Gasteiger partial charge is 0.293 e. The van der Waals surface area contributed by atoms with Crippen molar-refractivity contribution < 1.29 is 18.3 Å². The number of aliphatic hydroxyl groups is 1. The average molecular weight is 417 g/mol. The van der Waals surface area contributed by atoms with Crippen molar-refractivity contribution in [3.8, 4) is 6.07 Å². The summed E-state index contributed by atoms with van der Waals surface area (Å²) in [4.78, 5) is 1.21. The largest absolute Gasteiger partial charge is 0.480 e. The molecule has 3 rings (SSSR count). The van der Waals surface area contributed by atoms with Crippen molar-refractivity contribution in [2.24, 2.45) is 0 Å². The first kappa shape index (κ1) is 20.3. The van der Waals surface area contributed by atoms with Crippen LogP contribution in [0.25, 0.3) is 0 Å². The summed E-state index contributed by atoms with van der Waals surface area (Å²) in [7, 11) is -3.84. The van der Waals surface area contributed by atoms with E-state index in [-0.39, 0.29) is 23.6 Å². The van der Waals surface area contributed by atoms with E-state index in [1.807, 2.05) is 36.6 Å². The Morgan fingerprint density at radius 2 is 1.93 bits per heavy atom. The molecule has 0 fully saturated rings. The number of nitriles is 1. The number of hydrogen-bond donors (Lipinski definition) is 1. The highest BCUT2D eigenvalue weighted by Crippen LogP contribution is 2.44.